The minimum Gasteiger partial charge on any atom is -0.293 e. The van der Waals surface area contributed by atoms with Crippen molar-refractivity contribution >= 4 is 40.1 Å². The summed E-state index contributed by atoms with van der Waals surface area (Å²) < 4.78 is 2.40. The standard InChI is InChI=1S/C39H43N3S2.2C2H6/c1-9-12-21-31-28(8)44-36(30-22-15-13-19-26(30)6)35(31)34-24-29-20-14-16-23-33(29)42(34)39-37(43-27(7)17-10-2)32(18-11-3)40-38(41-39)25(4)5;2*1-2/h10,12-17,19-25H,7,9,11,18H2,1-6,8H3;2*1-2H3/b17-10-,21-12-;;. The summed E-state index contributed by atoms with van der Waals surface area (Å²) >= 11 is 3.56. The molecule has 0 aliphatic rings. The molecule has 5 heteroatoms. The summed E-state index contributed by atoms with van der Waals surface area (Å²) in [6.07, 6.45) is 11.6. The minimum absolute atomic E-state index is 0.196. The zero-order valence-electron chi connectivity index (χ0n) is 31.1. The van der Waals surface area contributed by atoms with Crippen LogP contribution in [0.15, 0.2) is 89.2 Å². The van der Waals surface area contributed by atoms with Crippen molar-refractivity contribution in [1.29, 1.82) is 0 Å². The van der Waals surface area contributed by atoms with Gasteiger partial charge in [0.25, 0.3) is 0 Å². The first kappa shape index (κ1) is 38.8. The number of thioether (sulfide) groups is 1. The van der Waals surface area contributed by atoms with Crippen molar-refractivity contribution in [3.63, 3.8) is 0 Å². The second kappa shape index (κ2) is 18.8. The van der Waals surface area contributed by atoms with Crippen LogP contribution in [0.1, 0.15) is 109 Å². The number of aromatic nitrogens is 3. The molecule has 0 amide bonds. The van der Waals surface area contributed by atoms with Gasteiger partial charge in [0.1, 0.15) is 5.82 Å². The predicted octanol–water partition coefficient (Wildman–Crippen LogP) is 14.2. The summed E-state index contributed by atoms with van der Waals surface area (Å²) in [7, 11) is 0. The number of hydrogen-bond donors (Lipinski definition) is 0. The van der Waals surface area contributed by atoms with Gasteiger partial charge in [0.05, 0.1) is 21.8 Å². The molecule has 0 N–H and O–H groups in total. The smallest absolute Gasteiger partial charge is 0.155 e. The fraction of sp³-hybridized carbons (Fsp3) is 0.349. The van der Waals surface area contributed by atoms with Crippen LogP contribution in [0.4, 0.5) is 0 Å². The molecule has 5 rings (SSSR count). The number of aryl methyl sites for hydroxylation is 3. The molecule has 48 heavy (non-hydrogen) atoms. The molecule has 0 saturated heterocycles. The second-order valence-corrected chi connectivity index (χ2v) is 13.8. The molecular formula is C43H55N3S2. The van der Waals surface area contributed by atoms with E-state index < -0.39 is 0 Å². The van der Waals surface area contributed by atoms with Crippen LogP contribution in [0.5, 0.6) is 0 Å². The lowest BCUT2D eigenvalue weighted by molar-refractivity contribution is 0.720. The molecule has 3 nitrogen and oxygen atoms in total. The van der Waals surface area contributed by atoms with Gasteiger partial charge in [-0.3, -0.25) is 4.57 Å². The van der Waals surface area contributed by atoms with Crippen LogP contribution in [-0.4, -0.2) is 14.5 Å². The van der Waals surface area contributed by atoms with Gasteiger partial charge in [-0.05, 0) is 62.4 Å². The molecule has 0 bridgehead atoms. The first-order chi connectivity index (χ1) is 23.3. The van der Waals surface area contributed by atoms with Crippen LogP contribution in [-0.2, 0) is 6.42 Å². The molecule has 0 saturated carbocycles. The van der Waals surface area contributed by atoms with E-state index in [2.05, 4.69) is 126 Å². The van der Waals surface area contributed by atoms with E-state index in [0.29, 0.717) is 0 Å². The highest BCUT2D eigenvalue weighted by atomic mass is 32.2. The number of benzene rings is 2. The van der Waals surface area contributed by atoms with Gasteiger partial charge in [-0.2, -0.15) is 0 Å². The van der Waals surface area contributed by atoms with Crippen molar-refractivity contribution in [3.8, 4) is 27.5 Å². The number of nitrogens with zero attached hydrogens (tertiary/aromatic N) is 3. The Morgan fingerprint density at radius 1 is 0.979 bits per heavy atom. The quantitative estimate of drug-likeness (QED) is 0.103. The topological polar surface area (TPSA) is 30.7 Å². The molecule has 0 atom stereocenters. The van der Waals surface area contributed by atoms with Crippen LogP contribution in [0.25, 0.3) is 44.5 Å². The molecule has 0 fully saturated rings. The third kappa shape index (κ3) is 8.48. The van der Waals surface area contributed by atoms with Crippen molar-refractivity contribution in [2.45, 2.75) is 106 Å². The van der Waals surface area contributed by atoms with Gasteiger partial charge in [0.2, 0.25) is 0 Å². The van der Waals surface area contributed by atoms with Crippen molar-refractivity contribution in [2.24, 2.45) is 0 Å². The van der Waals surface area contributed by atoms with Gasteiger partial charge in [-0.15, -0.1) is 11.3 Å². The molecular weight excluding hydrogens is 623 g/mol. The molecule has 0 aliphatic carbocycles. The highest BCUT2D eigenvalue weighted by Crippen LogP contribution is 2.48. The van der Waals surface area contributed by atoms with E-state index in [-0.39, 0.29) is 5.92 Å². The Morgan fingerprint density at radius 3 is 2.31 bits per heavy atom. The third-order valence-corrected chi connectivity index (χ3v) is 9.92. The Hall–Kier alpha value is -3.67. The highest BCUT2D eigenvalue weighted by Gasteiger charge is 2.27. The van der Waals surface area contributed by atoms with Gasteiger partial charge < -0.3 is 0 Å². The van der Waals surface area contributed by atoms with Gasteiger partial charge in [-0.25, -0.2) is 9.97 Å². The largest absolute Gasteiger partial charge is 0.293 e. The Kier molecular flexibility index (Phi) is 15.2. The molecule has 5 aromatic rings. The predicted molar refractivity (Wildman–Crippen MR) is 217 cm³/mol. The monoisotopic (exact) mass is 677 g/mol. The molecule has 0 unspecified atom stereocenters. The van der Waals surface area contributed by atoms with Crippen molar-refractivity contribution in [1.82, 2.24) is 14.5 Å². The summed E-state index contributed by atoms with van der Waals surface area (Å²) in [5.41, 5.74) is 8.47. The molecule has 3 heterocycles. The lowest BCUT2D eigenvalue weighted by Crippen LogP contribution is -2.11. The summed E-state index contributed by atoms with van der Waals surface area (Å²) in [6, 6.07) is 19.8. The van der Waals surface area contributed by atoms with Crippen LogP contribution >= 0.6 is 23.1 Å². The Labute approximate surface area is 299 Å². The third-order valence-electron chi connectivity index (χ3n) is 7.74. The van der Waals surface area contributed by atoms with E-state index in [4.69, 9.17) is 9.97 Å². The highest BCUT2D eigenvalue weighted by molar-refractivity contribution is 8.03. The lowest BCUT2D eigenvalue weighted by Gasteiger charge is -2.20. The van der Waals surface area contributed by atoms with E-state index in [1.165, 1.54) is 37.4 Å². The Balaban J connectivity index is 0.00000151. The maximum Gasteiger partial charge on any atom is 0.155 e. The van der Waals surface area contributed by atoms with Gasteiger partial charge >= 0.3 is 0 Å². The maximum absolute atomic E-state index is 5.38. The number of thiophene rings is 1. The van der Waals surface area contributed by atoms with Crippen LogP contribution in [0.2, 0.25) is 0 Å². The molecule has 0 radical (unpaired) electrons. The average Bonchev–Trinajstić information content (AvgIpc) is 3.63. The summed E-state index contributed by atoms with van der Waals surface area (Å²) in [5.74, 6) is 2.00. The molecule has 0 spiro atoms. The number of hydrogen-bond acceptors (Lipinski definition) is 4. The van der Waals surface area contributed by atoms with E-state index in [1.54, 1.807) is 11.8 Å². The summed E-state index contributed by atoms with van der Waals surface area (Å²) in [6.45, 7) is 27.7. The second-order valence-electron chi connectivity index (χ2n) is 11.5. The average molecular weight is 678 g/mol. The van der Waals surface area contributed by atoms with Gasteiger partial charge in [0.15, 0.2) is 5.82 Å². The fourth-order valence-electron chi connectivity index (χ4n) is 5.61. The van der Waals surface area contributed by atoms with E-state index in [1.807, 2.05) is 52.0 Å². The lowest BCUT2D eigenvalue weighted by atomic mass is 9.98. The SMILES string of the molecule is C=C(/C=C\C)Sc1c(CCC)nc(C(C)C)nc1-n1c(-c2c(-c3ccccc3C)sc(C)c2/C=C\CC)cc2ccccc21.CC.CC. The minimum atomic E-state index is 0.196. The molecule has 2 aromatic carbocycles. The molecule has 254 valence electrons. The van der Waals surface area contributed by atoms with Crippen LogP contribution in [0, 0.1) is 13.8 Å². The summed E-state index contributed by atoms with van der Waals surface area (Å²) in [5, 5.41) is 1.19. The van der Waals surface area contributed by atoms with Gasteiger partial charge in [0, 0.05) is 31.5 Å². The van der Waals surface area contributed by atoms with Crippen molar-refractivity contribution in [3.05, 3.63) is 112 Å². The van der Waals surface area contributed by atoms with E-state index in [0.717, 1.165) is 57.6 Å². The summed E-state index contributed by atoms with van der Waals surface area (Å²) in [4.78, 5) is 15.2. The van der Waals surface area contributed by atoms with E-state index in [9.17, 15) is 0 Å². The fourth-order valence-corrected chi connectivity index (χ4v) is 7.81. The Bertz CT molecular complexity index is 1870. The molecule has 3 aromatic heterocycles. The van der Waals surface area contributed by atoms with Crippen molar-refractivity contribution in [2.75, 3.05) is 0 Å². The maximum atomic E-state index is 5.38. The normalized spacial score (nSPS) is 11.2. The number of fused-ring (bicyclic) bond motifs is 1. The number of rotatable bonds is 11. The van der Waals surface area contributed by atoms with Crippen molar-refractivity contribution < 1.29 is 0 Å². The Morgan fingerprint density at radius 2 is 1.67 bits per heavy atom. The van der Waals surface area contributed by atoms with Crippen LogP contribution in [0.3, 0.4) is 0 Å². The van der Waals surface area contributed by atoms with Crippen LogP contribution < -0.4 is 0 Å². The first-order valence-electron chi connectivity index (χ1n) is 17.7. The number of para-hydroxylation sites is 1. The molecule has 0 aliphatic heterocycles. The zero-order valence-corrected chi connectivity index (χ0v) is 32.7. The number of allylic oxidation sites excluding steroid dienone is 3. The first-order valence-corrected chi connectivity index (χ1v) is 19.3. The van der Waals surface area contributed by atoms with Gasteiger partial charge in [-0.1, -0.05) is 147 Å². The van der Waals surface area contributed by atoms with E-state index >= 15 is 0 Å². The zero-order chi connectivity index (χ0) is 35.4.